The SMILES string of the molecule is CCCCN(CC(=O)N1c2ccccc2-n2cccc2C1c1ccc(C)cc1)C(=O)Nc1cccc(Br)c1. The fraction of sp³-hybridized carbons (Fsp3) is 0.226. The van der Waals surface area contributed by atoms with E-state index >= 15 is 0 Å². The fourth-order valence-electron chi connectivity index (χ4n) is 4.94. The van der Waals surface area contributed by atoms with Crippen molar-refractivity contribution in [2.45, 2.75) is 32.7 Å². The quantitative estimate of drug-likeness (QED) is 0.253. The van der Waals surface area contributed by atoms with Gasteiger partial charge in [-0.15, -0.1) is 0 Å². The maximum absolute atomic E-state index is 14.2. The molecule has 5 rings (SSSR count). The Morgan fingerprint density at radius 1 is 0.947 bits per heavy atom. The van der Waals surface area contributed by atoms with Gasteiger partial charge in [-0.05, 0) is 61.4 Å². The van der Waals surface area contributed by atoms with E-state index in [0.717, 1.165) is 45.5 Å². The Kier molecular flexibility index (Phi) is 7.65. The van der Waals surface area contributed by atoms with Crippen LogP contribution in [0.1, 0.15) is 42.6 Å². The van der Waals surface area contributed by atoms with Gasteiger partial charge < -0.3 is 14.8 Å². The third kappa shape index (κ3) is 5.24. The summed E-state index contributed by atoms with van der Waals surface area (Å²) in [6, 6.07) is 27.2. The van der Waals surface area contributed by atoms with E-state index < -0.39 is 0 Å². The number of unbranched alkanes of at least 4 members (excludes halogenated alkanes) is 1. The van der Waals surface area contributed by atoms with Crippen LogP contribution in [-0.4, -0.2) is 34.5 Å². The van der Waals surface area contributed by atoms with E-state index in [9.17, 15) is 9.59 Å². The number of nitrogens with one attached hydrogen (secondary N) is 1. The van der Waals surface area contributed by atoms with E-state index in [-0.39, 0.29) is 24.5 Å². The normalized spacial score (nSPS) is 14.0. The number of nitrogens with zero attached hydrogens (tertiary/aromatic N) is 3. The predicted molar refractivity (Wildman–Crippen MR) is 156 cm³/mol. The first kappa shape index (κ1) is 25.8. The minimum atomic E-state index is -0.311. The number of hydrogen-bond acceptors (Lipinski definition) is 2. The molecule has 0 bridgehead atoms. The number of hydrogen-bond donors (Lipinski definition) is 1. The summed E-state index contributed by atoms with van der Waals surface area (Å²) in [5, 5.41) is 2.96. The summed E-state index contributed by atoms with van der Waals surface area (Å²) >= 11 is 3.45. The van der Waals surface area contributed by atoms with Crippen molar-refractivity contribution in [1.29, 1.82) is 0 Å². The van der Waals surface area contributed by atoms with Crippen LogP contribution in [0.15, 0.2) is 95.6 Å². The lowest BCUT2D eigenvalue weighted by atomic mass is 9.97. The molecule has 0 saturated carbocycles. The summed E-state index contributed by atoms with van der Waals surface area (Å²) in [5.74, 6) is -0.129. The number of amides is 3. The molecule has 1 N–H and O–H groups in total. The van der Waals surface area contributed by atoms with Crippen molar-refractivity contribution >= 4 is 39.2 Å². The first-order chi connectivity index (χ1) is 18.5. The molecule has 3 aromatic carbocycles. The van der Waals surface area contributed by atoms with Gasteiger partial charge in [-0.2, -0.15) is 0 Å². The van der Waals surface area contributed by atoms with Crippen molar-refractivity contribution < 1.29 is 9.59 Å². The van der Waals surface area contributed by atoms with Crippen LogP contribution < -0.4 is 10.2 Å². The molecule has 1 aliphatic heterocycles. The highest BCUT2D eigenvalue weighted by atomic mass is 79.9. The molecule has 0 radical (unpaired) electrons. The second kappa shape index (κ2) is 11.3. The second-order valence-corrected chi connectivity index (χ2v) is 10.5. The Balaban J connectivity index is 1.50. The van der Waals surface area contributed by atoms with E-state index in [4.69, 9.17) is 0 Å². The molecule has 38 heavy (non-hydrogen) atoms. The number of carbonyl (C=O) groups excluding carboxylic acids is 2. The van der Waals surface area contributed by atoms with Gasteiger partial charge in [0.1, 0.15) is 12.6 Å². The van der Waals surface area contributed by atoms with Crippen molar-refractivity contribution in [1.82, 2.24) is 9.47 Å². The lowest BCUT2D eigenvalue weighted by Crippen LogP contribution is -2.48. The van der Waals surface area contributed by atoms with Gasteiger partial charge in [0.05, 0.1) is 17.1 Å². The Morgan fingerprint density at radius 2 is 1.71 bits per heavy atom. The Hall–Kier alpha value is -3.84. The highest BCUT2D eigenvalue weighted by Gasteiger charge is 2.36. The summed E-state index contributed by atoms with van der Waals surface area (Å²) in [7, 11) is 0. The smallest absolute Gasteiger partial charge is 0.316 e. The highest BCUT2D eigenvalue weighted by molar-refractivity contribution is 9.10. The van der Waals surface area contributed by atoms with E-state index in [0.29, 0.717) is 12.2 Å². The van der Waals surface area contributed by atoms with Crippen molar-refractivity contribution in [3.05, 3.63) is 112 Å². The minimum Gasteiger partial charge on any atom is -0.316 e. The van der Waals surface area contributed by atoms with Gasteiger partial charge >= 0.3 is 6.03 Å². The van der Waals surface area contributed by atoms with Gasteiger partial charge in [-0.3, -0.25) is 9.69 Å². The molecule has 1 aliphatic rings. The van der Waals surface area contributed by atoms with Crippen LogP contribution >= 0.6 is 15.9 Å². The number of aryl methyl sites for hydroxylation is 1. The molecule has 3 amide bonds. The summed E-state index contributed by atoms with van der Waals surface area (Å²) < 4.78 is 3.03. The van der Waals surface area contributed by atoms with Crippen LogP contribution in [0.2, 0.25) is 0 Å². The zero-order chi connectivity index (χ0) is 26.6. The number of fused-ring (bicyclic) bond motifs is 3. The number of para-hydroxylation sites is 2. The molecule has 1 unspecified atom stereocenters. The summed E-state index contributed by atoms with van der Waals surface area (Å²) in [5.41, 5.74) is 5.65. The Labute approximate surface area is 232 Å². The van der Waals surface area contributed by atoms with Crippen molar-refractivity contribution in [3.8, 4) is 5.69 Å². The van der Waals surface area contributed by atoms with Crippen LogP contribution in [0.25, 0.3) is 5.69 Å². The number of urea groups is 1. The van der Waals surface area contributed by atoms with Crippen molar-refractivity contribution in [3.63, 3.8) is 0 Å². The molecule has 0 aliphatic carbocycles. The van der Waals surface area contributed by atoms with Gasteiger partial charge in [0.25, 0.3) is 0 Å². The maximum Gasteiger partial charge on any atom is 0.322 e. The summed E-state index contributed by atoms with van der Waals surface area (Å²) in [4.78, 5) is 31.1. The van der Waals surface area contributed by atoms with E-state index in [1.165, 1.54) is 0 Å². The van der Waals surface area contributed by atoms with Gasteiger partial charge in [0.15, 0.2) is 0 Å². The van der Waals surface area contributed by atoms with Gasteiger partial charge in [0.2, 0.25) is 5.91 Å². The lowest BCUT2D eigenvalue weighted by Gasteiger charge is -2.39. The Morgan fingerprint density at radius 3 is 2.45 bits per heavy atom. The first-order valence-electron chi connectivity index (χ1n) is 12.9. The number of carbonyl (C=O) groups is 2. The fourth-order valence-corrected chi connectivity index (χ4v) is 5.34. The predicted octanol–water partition coefficient (Wildman–Crippen LogP) is 7.32. The van der Waals surface area contributed by atoms with Crippen LogP contribution in [0.5, 0.6) is 0 Å². The topological polar surface area (TPSA) is 57.6 Å². The number of anilines is 2. The third-order valence-corrected chi connectivity index (χ3v) is 7.35. The van der Waals surface area contributed by atoms with Crippen molar-refractivity contribution in [2.75, 3.05) is 23.3 Å². The largest absolute Gasteiger partial charge is 0.322 e. The highest BCUT2D eigenvalue weighted by Crippen LogP contribution is 2.42. The Bertz CT molecular complexity index is 1450. The maximum atomic E-state index is 14.2. The number of aromatic nitrogens is 1. The standard InChI is InChI=1S/C31H31BrN4O2/c1-3-4-18-34(31(38)33-25-10-7-9-24(32)20-25)21-29(37)36-27-12-6-5-11-26(27)35-19-8-13-28(35)30(36)23-16-14-22(2)15-17-23/h5-17,19-20,30H,3-4,18,21H2,1-2H3,(H,33,38). The minimum absolute atomic E-state index is 0.0305. The molecule has 1 aromatic heterocycles. The molecular weight excluding hydrogens is 540 g/mol. The zero-order valence-electron chi connectivity index (χ0n) is 21.6. The second-order valence-electron chi connectivity index (χ2n) is 9.58. The van der Waals surface area contributed by atoms with E-state index in [1.54, 1.807) is 4.90 Å². The molecular formula is C31H31BrN4O2. The van der Waals surface area contributed by atoms with E-state index in [1.807, 2.05) is 65.7 Å². The van der Waals surface area contributed by atoms with Crippen LogP contribution in [0.4, 0.5) is 16.2 Å². The lowest BCUT2D eigenvalue weighted by molar-refractivity contribution is -0.119. The molecule has 6 nitrogen and oxygen atoms in total. The first-order valence-corrected chi connectivity index (χ1v) is 13.7. The number of halogens is 1. The summed E-state index contributed by atoms with van der Waals surface area (Å²) in [6.07, 6.45) is 3.76. The molecule has 0 fully saturated rings. The molecule has 1 atom stereocenters. The third-order valence-electron chi connectivity index (χ3n) is 6.85. The van der Waals surface area contributed by atoms with Gasteiger partial charge in [0, 0.05) is 22.9 Å². The zero-order valence-corrected chi connectivity index (χ0v) is 23.2. The molecule has 0 saturated heterocycles. The monoisotopic (exact) mass is 570 g/mol. The molecule has 0 spiro atoms. The van der Waals surface area contributed by atoms with Crippen LogP contribution in [0.3, 0.4) is 0 Å². The molecule has 2 heterocycles. The van der Waals surface area contributed by atoms with Crippen LogP contribution in [0, 0.1) is 6.92 Å². The summed E-state index contributed by atoms with van der Waals surface area (Å²) in [6.45, 7) is 4.59. The number of rotatable bonds is 7. The van der Waals surface area contributed by atoms with E-state index in [2.05, 4.69) is 70.0 Å². The van der Waals surface area contributed by atoms with Gasteiger partial charge in [-0.1, -0.05) is 77.3 Å². The average molecular weight is 572 g/mol. The van der Waals surface area contributed by atoms with Crippen molar-refractivity contribution in [2.24, 2.45) is 0 Å². The molecule has 7 heteroatoms. The average Bonchev–Trinajstić information content (AvgIpc) is 3.41. The molecule has 194 valence electrons. The number of benzene rings is 3. The van der Waals surface area contributed by atoms with Gasteiger partial charge in [-0.25, -0.2) is 4.79 Å². The molecule has 4 aromatic rings. The van der Waals surface area contributed by atoms with Crippen LogP contribution in [-0.2, 0) is 4.79 Å².